The van der Waals surface area contributed by atoms with Crippen molar-refractivity contribution in [2.75, 3.05) is 24.6 Å². The Balaban J connectivity index is 3.51. The summed E-state index contributed by atoms with van der Waals surface area (Å²) < 4.78 is 21.9. The molecule has 0 amide bonds. The molecule has 0 atom stereocenters. The second-order valence-electron chi connectivity index (χ2n) is 2.43. The molecule has 0 aromatic carbocycles. The van der Waals surface area contributed by atoms with Gasteiger partial charge in [0, 0.05) is 23.9 Å². The molecule has 0 aliphatic rings. The summed E-state index contributed by atoms with van der Waals surface area (Å²) in [6, 6.07) is 0. The zero-order valence-electron chi connectivity index (χ0n) is 7.14. The molecular formula is C7H14ClNO2S. The van der Waals surface area contributed by atoms with E-state index in [9.17, 15) is 8.42 Å². The third kappa shape index (κ3) is 6.64. The van der Waals surface area contributed by atoms with Crippen molar-refractivity contribution in [3.63, 3.8) is 0 Å². The zero-order valence-corrected chi connectivity index (χ0v) is 8.71. The second kappa shape index (κ2) is 5.56. The van der Waals surface area contributed by atoms with Gasteiger partial charge in [0.25, 0.3) is 0 Å². The van der Waals surface area contributed by atoms with E-state index in [0.29, 0.717) is 18.1 Å². The first kappa shape index (κ1) is 11.9. The van der Waals surface area contributed by atoms with Crippen molar-refractivity contribution in [1.29, 1.82) is 0 Å². The molecule has 0 rings (SSSR count). The lowest BCUT2D eigenvalue weighted by Gasteiger charge is -2.02. The number of halogens is 1. The molecule has 0 saturated carbocycles. The quantitative estimate of drug-likeness (QED) is 0.660. The van der Waals surface area contributed by atoms with Crippen molar-refractivity contribution >= 4 is 21.4 Å². The third-order valence-electron chi connectivity index (χ3n) is 1.35. The minimum atomic E-state index is -2.85. The van der Waals surface area contributed by atoms with Crippen LogP contribution >= 0.6 is 11.6 Å². The highest BCUT2D eigenvalue weighted by Gasteiger charge is 2.05. The maximum atomic E-state index is 10.9. The summed E-state index contributed by atoms with van der Waals surface area (Å²) in [7, 11) is -2.85. The third-order valence-corrected chi connectivity index (χ3v) is 3.19. The normalized spacial score (nSPS) is 11.5. The first-order chi connectivity index (χ1) is 5.48. The number of nitrogens with one attached hydrogen (secondary N) is 1. The SMILES string of the molecule is C=C(Cl)CNCCS(=O)(=O)CC. The topological polar surface area (TPSA) is 46.2 Å². The first-order valence-corrected chi connectivity index (χ1v) is 5.92. The maximum Gasteiger partial charge on any atom is 0.151 e. The van der Waals surface area contributed by atoms with Crippen molar-refractivity contribution in [2.45, 2.75) is 6.92 Å². The van der Waals surface area contributed by atoms with Crippen LogP contribution in [0.4, 0.5) is 0 Å². The van der Waals surface area contributed by atoms with Crippen molar-refractivity contribution < 1.29 is 8.42 Å². The lowest BCUT2D eigenvalue weighted by atomic mass is 10.6. The van der Waals surface area contributed by atoms with Crippen LogP contribution in [0.25, 0.3) is 0 Å². The number of hydrogen-bond donors (Lipinski definition) is 1. The Hall–Kier alpha value is -0.0600. The Kier molecular flexibility index (Phi) is 5.53. The van der Waals surface area contributed by atoms with E-state index in [2.05, 4.69) is 11.9 Å². The van der Waals surface area contributed by atoms with Gasteiger partial charge in [0.2, 0.25) is 0 Å². The summed E-state index contributed by atoms with van der Waals surface area (Å²) in [4.78, 5) is 0. The van der Waals surface area contributed by atoms with Gasteiger partial charge in [-0.1, -0.05) is 25.1 Å². The Morgan fingerprint density at radius 1 is 1.58 bits per heavy atom. The number of rotatable bonds is 6. The van der Waals surface area contributed by atoms with Gasteiger partial charge in [0.15, 0.2) is 9.84 Å². The fourth-order valence-electron chi connectivity index (χ4n) is 0.596. The van der Waals surface area contributed by atoms with Crippen LogP contribution in [-0.2, 0) is 9.84 Å². The second-order valence-corrected chi connectivity index (χ2v) is 5.44. The first-order valence-electron chi connectivity index (χ1n) is 3.72. The number of hydrogen-bond acceptors (Lipinski definition) is 3. The highest BCUT2D eigenvalue weighted by Crippen LogP contribution is 1.92. The van der Waals surface area contributed by atoms with E-state index in [1.165, 1.54) is 0 Å². The predicted molar refractivity (Wildman–Crippen MR) is 52.2 cm³/mol. The summed E-state index contributed by atoms with van der Waals surface area (Å²) in [5.41, 5.74) is 0. The van der Waals surface area contributed by atoms with E-state index in [4.69, 9.17) is 11.6 Å². The van der Waals surface area contributed by atoms with Crippen molar-refractivity contribution in [2.24, 2.45) is 0 Å². The molecule has 0 unspecified atom stereocenters. The van der Waals surface area contributed by atoms with Gasteiger partial charge in [0.1, 0.15) is 0 Å². The van der Waals surface area contributed by atoms with Gasteiger partial charge in [-0.2, -0.15) is 0 Å². The summed E-state index contributed by atoms with van der Waals surface area (Å²) >= 11 is 5.46. The van der Waals surface area contributed by atoms with Gasteiger partial charge < -0.3 is 5.32 Å². The standard InChI is InChI=1S/C7H14ClNO2S/c1-3-12(10,11)5-4-9-6-7(2)8/h9H,2-6H2,1H3. The summed E-state index contributed by atoms with van der Waals surface area (Å²) in [6.45, 7) is 5.99. The van der Waals surface area contributed by atoms with E-state index >= 15 is 0 Å². The Morgan fingerprint density at radius 2 is 2.17 bits per heavy atom. The van der Waals surface area contributed by atoms with Crippen LogP contribution in [0.1, 0.15) is 6.92 Å². The lowest BCUT2D eigenvalue weighted by molar-refractivity contribution is 0.594. The van der Waals surface area contributed by atoms with Crippen LogP contribution in [0.2, 0.25) is 0 Å². The van der Waals surface area contributed by atoms with E-state index < -0.39 is 9.84 Å². The van der Waals surface area contributed by atoms with Crippen LogP contribution < -0.4 is 5.32 Å². The summed E-state index contributed by atoms with van der Waals surface area (Å²) in [5, 5.41) is 3.35. The van der Waals surface area contributed by atoms with Crippen molar-refractivity contribution in [1.82, 2.24) is 5.32 Å². The molecule has 0 radical (unpaired) electrons. The molecule has 5 heteroatoms. The van der Waals surface area contributed by atoms with Crippen LogP contribution in [0.15, 0.2) is 11.6 Å². The van der Waals surface area contributed by atoms with E-state index in [1.807, 2.05) is 0 Å². The molecule has 0 aromatic heterocycles. The van der Waals surface area contributed by atoms with Crippen LogP contribution in [0.5, 0.6) is 0 Å². The van der Waals surface area contributed by atoms with Crippen LogP contribution in [0, 0.1) is 0 Å². The fraction of sp³-hybridized carbons (Fsp3) is 0.714. The largest absolute Gasteiger partial charge is 0.311 e. The van der Waals surface area contributed by atoms with Gasteiger partial charge in [0.05, 0.1) is 5.75 Å². The molecule has 0 saturated heterocycles. The van der Waals surface area contributed by atoms with Gasteiger partial charge in [-0.05, 0) is 0 Å². The number of sulfone groups is 1. The van der Waals surface area contributed by atoms with E-state index in [-0.39, 0.29) is 11.5 Å². The average molecular weight is 212 g/mol. The van der Waals surface area contributed by atoms with Gasteiger partial charge in [-0.15, -0.1) is 0 Å². The fourth-order valence-corrected chi connectivity index (χ4v) is 1.43. The van der Waals surface area contributed by atoms with Crippen molar-refractivity contribution in [3.8, 4) is 0 Å². The Morgan fingerprint density at radius 3 is 2.58 bits per heavy atom. The Labute approximate surface area is 78.7 Å². The molecule has 0 aromatic rings. The Bertz CT molecular complexity index is 236. The molecule has 3 nitrogen and oxygen atoms in total. The molecule has 0 spiro atoms. The minimum Gasteiger partial charge on any atom is -0.311 e. The molecule has 0 aliphatic carbocycles. The van der Waals surface area contributed by atoms with Gasteiger partial charge in [-0.25, -0.2) is 8.42 Å². The monoisotopic (exact) mass is 211 g/mol. The molecule has 1 N–H and O–H groups in total. The smallest absolute Gasteiger partial charge is 0.151 e. The molecular weight excluding hydrogens is 198 g/mol. The summed E-state index contributed by atoms with van der Waals surface area (Å²) in [5.74, 6) is 0.351. The molecule has 72 valence electrons. The molecule has 0 fully saturated rings. The lowest BCUT2D eigenvalue weighted by Crippen LogP contribution is -2.24. The molecule has 0 aliphatic heterocycles. The maximum absolute atomic E-state index is 10.9. The van der Waals surface area contributed by atoms with E-state index in [0.717, 1.165) is 0 Å². The van der Waals surface area contributed by atoms with Crippen LogP contribution in [0.3, 0.4) is 0 Å². The predicted octanol–water partition coefficient (Wildman–Crippen LogP) is 0.763. The van der Waals surface area contributed by atoms with Gasteiger partial charge >= 0.3 is 0 Å². The van der Waals surface area contributed by atoms with Crippen LogP contribution in [-0.4, -0.2) is 33.0 Å². The molecule has 0 bridgehead atoms. The van der Waals surface area contributed by atoms with Gasteiger partial charge in [-0.3, -0.25) is 0 Å². The highest BCUT2D eigenvalue weighted by molar-refractivity contribution is 7.91. The molecule has 0 heterocycles. The average Bonchev–Trinajstić information content (AvgIpc) is 1.98. The summed E-state index contributed by atoms with van der Waals surface area (Å²) in [6.07, 6.45) is 0. The van der Waals surface area contributed by atoms with E-state index in [1.54, 1.807) is 6.92 Å². The van der Waals surface area contributed by atoms with Crippen molar-refractivity contribution in [3.05, 3.63) is 11.6 Å². The highest BCUT2D eigenvalue weighted by atomic mass is 35.5. The minimum absolute atomic E-state index is 0.160. The zero-order chi connectivity index (χ0) is 9.61. The molecule has 12 heavy (non-hydrogen) atoms.